The van der Waals surface area contributed by atoms with Crippen LogP contribution in [0.2, 0.25) is 0 Å². The van der Waals surface area contributed by atoms with Gasteiger partial charge in [0.2, 0.25) is 0 Å². The SMILES string of the molecule is CC(C)c1c(C#CCO[PH](=O)CC(O)CC(=O)O)c(-c2ccc(F)cc2)nc2ccccc12. The second-order valence-electron chi connectivity index (χ2n) is 7.85. The summed E-state index contributed by atoms with van der Waals surface area (Å²) in [6, 6.07) is 13.8. The second-order valence-corrected chi connectivity index (χ2v) is 9.29. The van der Waals surface area contributed by atoms with Crippen LogP contribution in [-0.4, -0.2) is 40.0 Å². The fourth-order valence-corrected chi connectivity index (χ4v) is 4.43. The molecule has 6 nitrogen and oxygen atoms in total. The van der Waals surface area contributed by atoms with E-state index in [1.807, 2.05) is 24.3 Å². The van der Waals surface area contributed by atoms with Gasteiger partial charge in [-0.3, -0.25) is 9.36 Å². The molecule has 2 unspecified atom stereocenters. The molecule has 0 radical (unpaired) electrons. The highest BCUT2D eigenvalue weighted by Crippen LogP contribution is 2.34. The average Bonchev–Trinajstić information content (AvgIpc) is 2.75. The van der Waals surface area contributed by atoms with Crippen LogP contribution >= 0.6 is 8.03 Å². The number of aliphatic hydroxyl groups is 1. The normalized spacial score (nSPS) is 12.9. The Bertz CT molecular complexity index is 1230. The van der Waals surface area contributed by atoms with Crippen molar-refractivity contribution in [1.29, 1.82) is 0 Å². The first-order valence-corrected chi connectivity index (χ1v) is 12.0. The molecule has 8 heteroatoms. The minimum absolute atomic E-state index is 0.118. The maximum absolute atomic E-state index is 13.5. The summed E-state index contributed by atoms with van der Waals surface area (Å²) in [7, 11) is -2.64. The molecule has 0 saturated carbocycles. The first kappa shape index (κ1) is 24.6. The van der Waals surface area contributed by atoms with Crippen molar-refractivity contribution < 1.29 is 28.5 Å². The van der Waals surface area contributed by atoms with E-state index >= 15 is 0 Å². The molecule has 0 aliphatic carbocycles. The smallest absolute Gasteiger partial charge is 0.305 e. The highest BCUT2D eigenvalue weighted by molar-refractivity contribution is 7.39. The maximum atomic E-state index is 13.5. The number of aliphatic hydroxyl groups excluding tert-OH is 1. The third-order valence-corrected chi connectivity index (χ3v) is 6.23. The van der Waals surface area contributed by atoms with E-state index in [0.717, 1.165) is 22.0 Å². The number of carboxylic acids is 1. The van der Waals surface area contributed by atoms with Crippen molar-refractivity contribution in [2.24, 2.45) is 0 Å². The molecule has 2 N–H and O–H groups in total. The van der Waals surface area contributed by atoms with Crippen molar-refractivity contribution in [1.82, 2.24) is 4.98 Å². The number of halogens is 1. The average molecular weight is 469 g/mol. The predicted octanol–water partition coefficient (Wildman–Crippen LogP) is 4.84. The molecular weight excluding hydrogens is 444 g/mol. The number of aliphatic carboxylic acids is 1. The Balaban J connectivity index is 1.95. The van der Waals surface area contributed by atoms with Crippen LogP contribution in [0.25, 0.3) is 22.2 Å². The van der Waals surface area contributed by atoms with Gasteiger partial charge in [-0.2, -0.15) is 0 Å². The Morgan fingerprint density at radius 3 is 2.55 bits per heavy atom. The summed E-state index contributed by atoms with van der Waals surface area (Å²) in [6.45, 7) is 3.96. The molecule has 1 heterocycles. The Hall–Kier alpha value is -3.04. The number of benzene rings is 2. The molecule has 0 bridgehead atoms. The van der Waals surface area contributed by atoms with Gasteiger partial charge in [0.15, 0.2) is 8.03 Å². The van der Waals surface area contributed by atoms with Crippen molar-refractivity contribution in [3.8, 4) is 23.1 Å². The van der Waals surface area contributed by atoms with E-state index in [-0.39, 0.29) is 24.5 Å². The van der Waals surface area contributed by atoms with Crippen molar-refractivity contribution in [3.05, 3.63) is 65.5 Å². The second kappa shape index (κ2) is 11.2. The van der Waals surface area contributed by atoms with Gasteiger partial charge in [0.1, 0.15) is 12.4 Å². The van der Waals surface area contributed by atoms with Crippen LogP contribution in [0.15, 0.2) is 48.5 Å². The molecule has 2 atom stereocenters. The van der Waals surface area contributed by atoms with Crippen molar-refractivity contribution in [2.45, 2.75) is 32.3 Å². The molecule has 3 rings (SSSR count). The summed E-state index contributed by atoms with van der Waals surface area (Å²) in [5.74, 6) is 4.57. The van der Waals surface area contributed by atoms with E-state index in [2.05, 4.69) is 25.7 Å². The van der Waals surface area contributed by atoms with Crippen molar-refractivity contribution in [3.63, 3.8) is 0 Å². The highest BCUT2D eigenvalue weighted by atomic mass is 31.1. The van der Waals surface area contributed by atoms with Gasteiger partial charge < -0.3 is 14.7 Å². The number of para-hydroxylation sites is 1. The number of carboxylic acid groups (broad SMARTS) is 1. The van der Waals surface area contributed by atoms with Gasteiger partial charge >= 0.3 is 5.97 Å². The van der Waals surface area contributed by atoms with E-state index in [9.17, 15) is 18.9 Å². The van der Waals surface area contributed by atoms with Gasteiger partial charge in [-0.05, 0) is 41.8 Å². The minimum atomic E-state index is -2.64. The molecule has 2 aromatic carbocycles. The lowest BCUT2D eigenvalue weighted by atomic mass is 9.90. The zero-order valence-corrected chi connectivity index (χ0v) is 19.3. The fourth-order valence-electron chi connectivity index (χ4n) is 3.55. The molecule has 1 aromatic heterocycles. The van der Waals surface area contributed by atoms with E-state index in [1.54, 1.807) is 12.1 Å². The number of rotatable bonds is 8. The lowest BCUT2D eigenvalue weighted by Gasteiger charge is -2.16. The number of aromatic nitrogens is 1. The maximum Gasteiger partial charge on any atom is 0.305 e. The van der Waals surface area contributed by atoms with E-state index < -0.39 is 26.5 Å². The number of fused-ring (bicyclic) bond motifs is 1. The molecule has 0 aliphatic rings. The highest BCUT2D eigenvalue weighted by Gasteiger charge is 2.18. The Kier molecular flexibility index (Phi) is 8.35. The topological polar surface area (TPSA) is 96.7 Å². The standard InChI is InChI=1S/C25H25FNO5P/c1-16(2)24-20-6-3-4-8-22(20)27-25(17-9-11-18(26)12-10-17)21(24)7-5-13-32-33(31)15-19(28)14-23(29)30/h3-4,6,8-12,16,19,28,33H,13-15H2,1-2H3,(H,29,30). The Morgan fingerprint density at radius 1 is 1.18 bits per heavy atom. The van der Waals surface area contributed by atoms with E-state index in [1.165, 1.54) is 12.1 Å². The fraction of sp³-hybridized carbons (Fsp3) is 0.280. The summed E-state index contributed by atoms with van der Waals surface area (Å²) in [5, 5.41) is 19.2. The molecule has 172 valence electrons. The van der Waals surface area contributed by atoms with Crippen LogP contribution in [0.1, 0.15) is 37.3 Å². The molecule has 0 fully saturated rings. The first-order chi connectivity index (χ1) is 15.8. The van der Waals surface area contributed by atoms with Gasteiger partial charge in [0.25, 0.3) is 0 Å². The minimum Gasteiger partial charge on any atom is -0.481 e. The van der Waals surface area contributed by atoms with E-state index in [4.69, 9.17) is 14.6 Å². The quantitative estimate of drug-likeness (QED) is 0.362. The van der Waals surface area contributed by atoms with Gasteiger partial charge in [-0.15, -0.1) is 0 Å². The number of hydrogen-bond donors (Lipinski definition) is 2. The van der Waals surface area contributed by atoms with Crippen molar-refractivity contribution in [2.75, 3.05) is 12.8 Å². The van der Waals surface area contributed by atoms with Crippen LogP contribution < -0.4 is 0 Å². The summed E-state index contributed by atoms with van der Waals surface area (Å²) in [5.41, 5.74) is 3.83. The van der Waals surface area contributed by atoms with Crippen LogP contribution in [0.3, 0.4) is 0 Å². The number of hydrogen-bond acceptors (Lipinski definition) is 5. The summed E-state index contributed by atoms with van der Waals surface area (Å²) >= 11 is 0. The van der Waals surface area contributed by atoms with Gasteiger partial charge in [-0.1, -0.05) is 43.9 Å². The molecule has 0 spiro atoms. The number of nitrogens with zero attached hydrogens (tertiary/aromatic N) is 1. The largest absolute Gasteiger partial charge is 0.481 e. The van der Waals surface area contributed by atoms with Gasteiger partial charge in [0.05, 0.1) is 29.3 Å². The molecule has 0 amide bonds. The molecule has 3 aromatic rings. The van der Waals surface area contributed by atoms with Gasteiger partial charge in [-0.25, -0.2) is 9.37 Å². The Morgan fingerprint density at radius 2 is 1.88 bits per heavy atom. The van der Waals surface area contributed by atoms with Crippen molar-refractivity contribution >= 4 is 24.9 Å². The summed E-state index contributed by atoms with van der Waals surface area (Å²) in [4.78, 5) is 15.4. The predicted molar refractivity (Wildman–Crippen MR) is 126 cm³/mol. The van der Waals surface area contributed by atoms with Crippen LogP contribution in [-0.2, 0) is 13.9 Å². The third-order valence-electron chi connectivity index (χ3n) is 4.96. The summed E-state index contributed by atoms with van der Waals surface area (Å²) < 4.78 is 30.7. The third kappa shape index (κ3) is 6.49. The lowest BCUT2D eigenvalue weighted by Crippen LogP contribution is -2.15. The molecule has 0 aliphatic heterocycles. The monoisotopic (exact) mass is 469 g/mol. The first-order valence-electron chi connectivity index (χ1n) is 10.5. The molecule has 0 saturated heterocycles. The van der Waals surface area contributed by atoms with Crippen LogP contribution in [0.4, 0.5) is 4.39 Å². The number of pyridine rings is 1. The zero-order chi connectivity index (χ0) is 24.0. The summed E-state index contributed by atoms with van der Waals surface area (Å²) in [6.07, 6.45) is -1.97. The Labute approximate surface area is 192 Å². The number of carbonyl (C=O) groups is 1. The van der Waals surface area contributed by atoms with E-state index in [0.29, 0.717) is 11.3 Å². The lowest BCUT2D eigenvalue weighted by molar-refractivity contribution is -0.138. The zero-order valence-electron chi connectivity index (χ0n) is 18.3. The van der Waals surface area contributed by atoms with Gasteiger partial charge in [0, 0.05) is 17.1 Å². The molecular formula is C25H25FNO5P. The van der Waals surface area contributed by atoms with Crippen LogP contribution in [0, 0.1) is 17.7 Å². The molecule has 33 heavy (non-hydrogen) atoms. The van der Waals surface area contributed by atoms with Crippen LogP contribution in [0.5, 0.6) is 0 Å².